The van der Waals surface area contributed by atoms with Crippen molar-refractivity contribution in [3.05, 3.63) is 117 Å². The monoisotopic (exact) mass is 675 g/mol. The molecule has 0 bridgehead atoms. The van der Waals surface area contributed by atoms with Crippen molar-refractivity contribution in [2.75, 3.05) is 45.9 Å². The highest BCUT2D eigenvalue weighted by Gasteiger charge is 2.23. The van der Waals surface area contributed by atoms with Crippen molar-refractivity contribution in [3.63, 3.8) is 0 Å². The van der Waals surface area contributed by atoms with Gasteiger partial charge in [0.2, 0.25) is 0 Å². The third kappa shape index (κ3) is 7.66. The number of ether oxygens (including phenoxy) is 2. The third-order valence-corrected chi connectivity index (χ3v) is 9.20. The Morgan fingerprint density at radius 2 is 1.70 bits per heavy atom. The van der Waals surface area contributed by atoms with Gasteiger partial charge in [0.25, 0.3) is 17.4 Å². The number of nitrogens with zero attached hydrogens (tertiary/aromatic N) is 3. The van der Waals surface area contributed by atoms with Gasteiger partial charge in [0, 0.05) is 74.6 Å². The number of hydrogen-bond donors (Lipinski definition) is 2. The quantitative estimate of drug-likeness (QED) is 0.167. The first-order chi connectivity index (χ1) is 24.2. The van der Waals surface area contributed by atoms with E-state index in [1.54, 1.807) is 25.4 Å². The molecule has 0 aliphatic carbocycles. The second kappa shape index (κ2) is 15.6. The van der Waals surface area contributed by atoms with Crippen molar-refractivity contribution < 1.29 is 19.1 Å². The number of fused-ring (bicyclic) bond motifs is 1. The Kier molecular flexibility index (Phi) is 10.8. The number of carbonyl (C=O) groups excluding carboxylic acids is 2. The maximum atomic E-state index is 14.4. The van der Waals surface area contributed by atoms with E-state index in [1.807, 2.05) is 86.3 Å². The van der Waals surface area contributed by atoms with E-state index < -0.39 is 0 Å². The summed E-state index contributed by atoms with van der Waals surface area (Å²) < 4.78 is 13.7. The van der Waals surface area contributed by atoms with Gasteiger partial charge in [-0.05, 0) is 68.1 Å². The van der Waals surface area contributed by atoms with Gasteiger partial charge in [-0.15, -0.1) is 0 Å². The lowest BCUT2D eigenvalue weighted by Crippen LogP contribution is -2.39. The Hall–Kier alpha value is -5.19. The molecule has 5 aromatic rings. The Morgan fingerprint density at radius 3 is 2.42 bits per heavy atom. The fraction of sp³-hybridized carbons (Fsp3) is 0.325. The molecule has 0 atom stereocenters. The summed E-state index contributed by atoms with van der Waals surface area (Å²) in [6.45, 7) is 11.5. The molecule has 2 N–H and O–H groups in total. The van der Waals surface area contributed by atoms with E-state index >= 15 is 0 Å². The molecule has 1 saturated heterocycles. The molecular formula is C40H45N5O5. The smallest absolute Gasteiger partial charge is 0.274 e. The molecular weight excluding hydrogens is 630 g/mol. The lowest BCUT2D eigenvalue weighted by Gasteiger charge is -2.28. The minimum Gasteiger partial charge on any atom is -0.456 e. The Balaban J connectivity index is 1.42. The zero-order valence-corrected chi connectivity index (χ0v) is 29.3. The summed E-state index contributed by atoms with van der Waals surface area (Å²) in [5.74, 6) is 0.779. The van der Waals surface area contributed by atoms with Crippen LogP contribution in [-0.2, 0) is 18.3 Å². The molecule has 1 fully saturated rings. The van der Waals surface area contributed by atoms with E-state index in [0.29, 0.717) is 64.4 Å². The second-order valence-electron chi connectivity index (χ2n) is 12.8. The van der Waals surface area contributed by atoms with Crippen LogP contribution in [0.15, 0.2) is 83.8 Å². The fourth-order valence-corrected chi connectivity index (χ4v) is 6.51. The number of pyridine rings is 1. The van der Waals surface area contributed by atoms with Crippen LogP contribution in [0.1, 0.15) is 50.9 Å². The molecule has 0 saturated carbocycles. The molecule has 2 aromatic heterocycles. The number of carbonyl (C=O) groups is 2. The summed E-state index contributed by atoms with van der Waals surface area (Å²) in [5, 5.41) is 3.39. The predicted molar refractivity (Wildman–Crippen MR) is 196 cm³/mol. The minimum atomic E-state index is -0.295. The standard InChI is InChI=1S/C40H45N5O5/c1-5-41-38(46)34-24-32-33(26-43(4)40(48)36(32)42-34)31-16-15-30(23-35(31)50-37-27(2)11-9-12-28(37)3)39(47)45(25-29-13-7-6-8-14-29)18-10-17-44-19-21-49-22-20-44/h6-9,11-16,23-24,26,42H,5,10,17-22,25H2,1-4H3,(H,41,46). The number of H-pyrrole nitrogens is 1. The molecule has 0 spiro atoms. The third-order valence-electron chi connectivity index (χ3n) is 9.20. The van der Waals surface area contributed by atoms with Crippen molar-refractivity contribution >= 4 is 22.7 Å². The molecule has 260 valence electrons. The Labute approximate surface area is 292 Å². The SMILES string of the molecule is CCNC(=O)c1cc2c(-c3ccc(C(=O)N(CCCN4CCOCC4)Cc4ccccc4)cc3Oc3c(C)cccc3C)cn(C)c(=O)c2[nH]1. The summed E-state index contributed by atoms with van der Waals surface area (Å²) >= 11 is 0. The number of amides is 2. The van der Waals surface area contributed by atoms with E-state index in [9.17, 15) is 14.4 Å². The molecule has 10 nitrogen and oxygen atoms in total. The van der Waals surface area contributed by atoms with E-state index in [-0.39, 0.29) is 17.4 Å². The van der Waals surface area contributed by atoms with Crippen LogP contribution >= 0.6 is 0 Å². The summed E-state index contributed by atoms with van der Waals surface area (Å²) in [6, 6.07) is 23.2. The maximum absolute atomic E-state index is 14.4. The highest BCUT2D eigenvalue weighted by Crippen LogP contribution is 2.39. The van der Waals surface area contributed by atoms with Crippen LogP contribution in [0, 0.1) is 13.8 Å². The van der Waals surface area contributed by atoms with Crippen molar-refractivity contribution in [3.8, 4) is 22.6 Å². The lowest BCUT2D eigenvalue weighted by atomic mass is 10.00. The topological polar surface area (TPSA) is 109 Å². The zero-order valence-electron chi connectivity index (χ0n) is 29.3. The van der Waals surface area contributed by atoms with Gasteiger partial charge in [0.05, 0.1) is 13.2 Å². The van der Waals surface area contributed by atoms with E-state index in [2.05, 4.69) is 15.2 Å². The largest absolute Gasteiger partial charge is 0.456 e. The first-order valence-corrected chi connectivity index (χ1v) is 17.3. The summed E-state index contributed by atoms with van der Waals surface area (Å²) in [4.78, 5) is 47.8. The number of rotatable bonds is 12. The number of aryl methyl sites for hydroxylation is 3. The second-order valence-corrected chi connectivity index (χ2v) is 12.8. The normalized spacial score (nSPS) is 13.4. The van der Waals surface area contributed by atoms with Gasteiger partial charge in [-0.1, -0.05) is 48.5 Å². The summed E-state index contributed by atoms with van der Waals surface area (Å²) in [5.41, 5.74) is 5.20. The van der Waals surface area contributed by atoms with E-state index in [4.69, 9.17) is 9.47 Å². The number of benzene rings is 3. The molecule has 1 aliphatic heterocycles. The fourth-order valence-electron chi connectivity index (χ4n) is 6.51. The number of hydrogen-bond acceptors (Lipinski definition) is 6. The molecule has 2 amide bonds. The Morgan fingerprint density at radius 1 is 0.960 bits per heavy atom. The highest BCUT2D eigenvalue weighted by molar-refractivity contribution is 6.04. The van der Waals surface area contributed by atoms with Crippen LogP contribution in [0.4, 0.5) is 0 Å². The lowest BCUT2D eigenvalue weighted by molar-refractivity contribution is 0.0355. The van der Waals surface area contributed by atoms with Gasteiger partial charge in [0.15, 0.2) is 0 Å². The number of para-hydroxylation sites is 1. The van der Waals surface area contributed by atoms with Crippen LogP contribution in [0.2, 0.25) is 0 Å². The van der Waals surface area contributed by atoms with E-state index in [1.165, 1.54) is 4.57 Å². The van der Waals surface area contributed by atoms with Crippen molar-refractivity contribution in [1.29, 1.82) is 0 Å². The van der Waals surface area contributed by atoms with Crippen LogP contribution in [0.3, 0.4) is 0 Å². The van der Waals surface area contributed by atoms with Crippen molar-refractivity contribution in [2.24, 2.45) is 7.05 Å². The summed E-state index contributed by atoms with van der Waals surface area (Å²) in [7, 11) is 1.68. The highest BCUT2D eigenvalue weighted by atomic mass is 16.5. The number of morpholine rings is 1. The Bertz CT molecular complexity index is 2020. The zero-order chi connectivity index (χ0) is 35.2. The molecule has 6 rings (SSSR count). The molecule has 3 heterocycles. The van der Waals surface area contributed by atoms with Crippen LogP contribution in [0.25, 0.3) is 22.0 Å². The maximum Gasteiger partial charge on any atom is 0.274 e. The molecule has 0 unspecified atom stereocenters. The van der Waals surface area contributed by atoms with Gasteiger partial charge < -0.3 is 29.2 Å². The van der Waals surface area contributed by atoms with Gasteiger partial charge >= 0.3 is 0 Å². The van der Waals surface area contributed by atoms with Gasteiger partial charge in [-0.3, -0.25) is 19.3 Å². The first-order valence-electron chi connectivity index (χ1n) is 17.3. The average Bonchev–Trinajstić information content (AvgIpc) is 3.58. The van der Waals surface area contributed by atoms with Gasteiger partial charge in [0.1, 0.15) is 22.7 Å². The minimum absolute atomic E-state index is 0.0977. The number of aromatic nitrogens is 2. The number of nitrogens with one attached hydrogen (secondary N) is 2. The average molecular weight is 676 g/mol. The first kappa shape index (κ1) is 34.7. The predicted octanol–water partition coefficient (Wildman–Crippen LogP) is 6.06. The number of aromatic amines is 1. The molecule has 3 aromatic carbocycles. The van der Waals surface area contributed by atoms with Crippen LogP contribution in [-0.4, -0.2) is 77.1 Å². The molecule has 0 radical (unpaired) electrons. The van der Waals surface area contributed by atoms with Gasteiger partial charge in [-0.2, -0.15) is 0 Å². The molecule has 50 heavy (non-hydrogen) atoms. The van der Waals surface area contributed by atoms with E-state index in [0.717, 1.165) is 56.0 Å². The van der Waals surface area contributed by atoms with Gasteiger partial charge in [-0.25, -0.2) is 0 Å². The van der Waals surface area contributed by atoms with Crippen molar-refractivity contribution in [1.82, 2.24) is 24.7 Å². The molecule has 10 heteroatoms. The molecule has 1 aliphatic rings. The summed E-state index contributed by atoms with van der Waals surface area (Å²) in [6.07, 6.45) is 2.58. The van der Waals surface area contributed by atoms with Crippen molar-refractivity contribution in [2.45, 2.75) is 33.7 Å². The van der Waals surface area contributed by atoms with Crippen LogP contribution < -0.4 is 15.6 Å². The van der Waals surface area contributed by atoms with Crippen LogP contribution in [0.5, 0.6) is 11.5 Å².